The van der Waals surface area contributed by atoms with E-state index in [-0.39, 0.29) is 0 Å². The van der Waals surface area contributed by atoms with E-state index in [4.69, 9.17) is 9.47 Å². The van der Waals surface area contributed by atoms with E-state index in [2.05, 4.69) is 114 Å². The SMILES string of the molecule is C=C(/C=C\c1ccccc1C)COc1cc(C)cc(CCc2cccc(C)c2OC/C(C)=C\CC)c1.CC. The van der Waals surface area contributed by atoms with E-state index in [0.29, 0.717) is 13.2 Å². The number of para-hydroxylation sites is 1. The molecule has 0 spiro atoms. The Morgan fingerprint density at radius 2 is 1.58 bits per heavy atom. The maximum Gasteiger partial charge on any atom is 0.125 e. The van der Waals surface area contributed by atoms with Crippen molar-refractivity contribution in [1.29, 1.82) is 0 Å². The monoisotopic (exact) mass is 510 g/mol. The second-order valence-corrected chi connectivity index (χ2v) is 9.60. The highest BCUT2D eigenvalue weighted by molar-refractivity contribution is 5.56. The van der Waals surface area contributed by atoms with Crippen molar-refractivity contribution in [1.82, 2.24) is 0 Å². The molecule has 2 nitrogen and oxygen atoms in total. The number of aryl methyl sites for hydroxylation is 5. The molecule has 0 atom stereocenters. The molecule has 0 unspecified atom stereocenters. The highest BCUT2D eigenvalue weighted by atomic mass is 16.5. The fraction of sp³-hybridized carbons (Fsp3) is 0.333. The van der Waals surface area contributed by atoms with E-state index in [1.165, 1.54) is 39.0 Å². The topological polar surface area (TPSA) is 18.5 Å². The van der Waals surface area contributed by atoms with Gasteiger partial charge in [-0.2, -0.15) is 0 Å². The lowest BCUT2D eigenvalue weighted by Gasteiger charge is -2.15. The third-order valence-corrected chi connectivity index (χ3v) is 6.20. The zero-order valence-corrected chi connectivity index (χ0v) is 24.6. The summed E-state index contributed by atoms with van der Waals surface area (Å²) >= 11 is 0. The molecular weight excluding hydrogens is 464 g/mol. The first-order chi connectivity index (χ1) is 18.4. The average Bonchev–Trinajstić information content (AvgIpc) is 2.91. The van der Waals surface area contributed by atoms with Gasteiger partial charge in [-0.25, -0.2) is 0 Å². The zero-order valence-electron chi connectivity index (χ0n) is 24.6. The van der Waals surface area contributed by atoms with E-state index >= 15 is 0 Å². The molecule has 0 aromatic heterocycles. The summed E-state index contributed by atoms with van der Waals surface area (Å²) in [5.74, 6) is 1.90. The van der Waals surface area contributed by atoms with Crippen LogP contribution in [-0.2, 0) is 12.8 Å². The van der Waals surface area contributed by atoms with Gasteiger partial charge in [-0.3, -0.25) is 0 Å². The molecule has 0 aliphatic carbocycles. The summed E-state index contributed by atoms with van der Waals surface area (Å²) in [7, 11) is 0. The van der Waals surface area contributed by atoms with Crippen LogP contribution in [0.15, 0.2) is 90.5 Å². The van der Waals surface area contributed by atoms with Crippen LogP contribution in [0.4, 0.5) is 0 Å². The van der Waals surface area contributed by atoms with E-state index in [0.717, 1.165) is 36.3 Å². The summed E-state index contributed by atoms with van der Waals surface area (Å²) in [5.41, 5.74) is 9.55. The van der Waals surface area contributed by atoms with Gasteiger partial charge in [0.2, 0.25) is 0 Å². The first kappa shape index (κ1) is 30.7. The van der Waals surface area contributed by atoms with Gasteiger partial charge in [0, 0.05) is 0 Å². The fourth-order valence-electron chi connectivity index (χ4n) is 4.25. The molecule has 0 N–H and O–H groups in total. The molecule has 202 valence electrons. The third-order valence-electron chi connectivity index (χ3n) is 6.20. The molecule has 0 bridgehead atoms. The molecule has 0 aliphatic rings. The molecule has 3 aromatic rings. The van der Waals surface area contributed by atoms with Crippen LogP contribution in [0.2, 0.25) is 0 Å². The highest BCUT2D eigenvalue weighted by Gasteiger charge is 2.09. The normalized spacial score (nSPS) is 11.2. The quantitative estimate of drug-likeness (QED) is 0.178. The molecule has 0 saturated carbocycles. The Morgan fingerprint density at radius 1 is 0.842 bits per heavy atom. The molecule has 0 fully saturated rings. The van der Waals surface area contributed by atoms with Crippen molar-refractivity contribution in [3.05, 3.63) is 124 Å². The van der Waals surface area contributed by atoms with Crippen LogP contribution in [-0.4, -0.2) is 13.2 Å². The van der Waals surface area contributed by atoms with Gasteiger partial charge < -0.3 is 9.47 Å². The molecule has 3 aromatic carbocycles. The second kappa shape index (κ2) is 16.3. The van der Waals surface area contributed by atoms with E-state index in [1.54, 1.807) is 0 Å². The minimum atomic E-state index is 0.464. The van der Waals surface area contributed by atoms with Crippen LogP contribution in [0.3, 0.4) is 0 Å². The second-order valence-electron chi connectivity index (χ2n) is 9.60. The van der Waals surface area contributed by atoms with Crippen molar-refractivity contribution in [3.8, 4) is 11.5 Å². The predicted octanol–water partition coefficient (Wildman–Crippen LogP) is 9.81. The third kappa shape index (κ3) is 10.1. The number of hydrogen-bond acceptors (Lipinski definition) is 2. The number of hydrogen-bond donors (Lipinski definition) is 0. The Bertz CT molecular complexity index is 1230. The summed E-state index contributed by atoms with van der Waals surface area (Å²) in [5, 5.41) is 0. The Hall–Kier alpha value is -3.52. The minimum absolute atomic E-state index is 0.464. The molecule has 0 amide bonds. The van der Waals surface area contributed by atoms with Crippen molar-refractivity contribution in [3.63, 3.8) is 0 Å². The highest BCUT2D eigenvalue weighted by Crippen LogP contribution is 2.27. The summed E-state index contributed by atoms with van der Waals surface area (Å²) in [6.45, 7) is 19.9. The van der Waals surface area contributed by atoms with Gasteiger partial charge in [0.15, 0.2) is 0 Å². The molecule has 38 heavy (non-hydrogen) atoms. The number of ether oxygens (including phenoxy) is 2. The van der Waals surface area contributed by atoms with Crippen molar-refractivity contribution >= 4 is 6.08 Å². The van der Waals surface area contributed by atoms with Crippen molar-refractivity contribution < 1.29 is 9.47 Å². The lowest BCUT2D eigenvalue weighted by molar-refractivity contribution is 0.345. The summed E-state index contributed by atoms with van der Waals surface area (Å²) in [6.07, 6.45) is 9.24. The number of allylic oxidation sites excluding steroid dienone is 1. The molecular formula is C36H46O2. The zero-order chi connectivity index (χ0) is 27.9. The van der Waals surface area contributed by atoms with Gasteiger partial charge in [0.25, 0.3) is 0 Å². The first-order valence-electron chi connectivity index (χ1n) is 13.9. The Labute approximate surface area is 231 Å². The lowest BCUT2D eigenvalue weighted by atomic mass is 10.00. The molecule has 0 heterocycles. The van der Waals surface area contributed by atoms with Crippen LogP contribution in [0.25, 0.3) is 6.08 Å². The standard InChI is InChI=1S/C34H40O2.C2H6/c1-7-11-25(2)24-36-34-29(6)13-10-15-32(34)19-17-30-20-27(4)21-33(22-30)35-23-26(3)16-18-31-14-9-8-12-28(31)5;1-2/h8-16,18,20-22H,3,7,17,19,23-24H2,1-2,4-6H3;1-2H3/b18-16-,25-11-;. The summed E-state index contributed by atoms with van der Waals surface area (Å²) in [4.78, 5) is 0. The number of benzene rings is 3. The van der Waals surface area contributed by atoms with E-state index < -0.39 is 0 Å². The van der Waals surface area contributed by atoms with E-state index in [1.807, 2.05) is 19.9 Å². The molecule has 0 saturated heterocycles. The molecule has 0 radical (unpaired) electrons. The van der Waals surface area contributed by atoms with Gasteiger partial charge in [-0.05, 0) is 104 Å². The Balaban J connectivity index is 0.00000247. The Morgan fingerprint density at radius 3 is 2.32 bits per heavy atom. The molecule has 0 aliphatic heterocycles. The van der Waals surface area contributed by atoms with Gasteiger partial charge in [0.05, 0.1) is 0 Å². The molecule has 3 rings (SSSR count). The maximum atomic E-state index is 6.24. The van der Waals surface area contributed by atoms with Crippen LogP contribution < -0.4 is 9.47 Å². The van der Waals surface area contributed by atoms with Gasteiger partial charge in [-0.1, -0.05) is 94.1 Å². The van der Waals surface area contributed by atoms with E-state index in [9.17, 15) is 0 Å². The minimum Gasteiger partial charge on any atom is -0.489 e. The maximum absolute atomic E-state index is 6.24. The van der Waals surface area contributed by atoms with Crippen LogP contribution in [0.1, 0.15) is 67.5 Å². The largest absolute Gasteiger partial charge is 0.489 e. The Kier molecular flexibility index (Phi) is 13.2. The predicted molar refractivity (Wildman–Crippen MR) is 166 cm³/mol. The molecule has 2 heteroatoms. The van der Waals surface area contributed by atoms with Crippen molar-refractivity contribution in [2.75, 3.05) is 13.2 Å². The van der Waals surface area contributed by atoms with Gasteiger partial charge >= 0.3 is 0 Å². The fourth-order valence-corrected chi connectivity index (χ4v) is 4.25. The average molecular weight is 511 g/mol. The van der Waals surface area contributed by atoms with Crippen LogP contribution in [0, 0.1) is 20.8 Å². The van der Waals surface area contributed by atoms with Crippen LogP contribution in [0.5, 0.6) is 11.5 Å². The summed E-state index contributed by atoms with van der Waals surface area (Å²) in [6, 6.07) is 21.2. The van der Waals surface area contributed by atoms with Gasteiger partial charge in [0.1, 0.15) is 24.7 Å². The van der Waals surface area contributed by atoms with Crippen molar-refractivity contribution in [2.45, 2.75) is 67.7 Å². The first-order valence-corrected chi connectivity index (χ1v) is 13.9. The number of rotatable bonds is 12. The van der Waals surface area contributed by atoms with Crippen LogP contribution >= 0.6 is 0 Å². The summed E-state index contributed by atoms with van der Waals surface area (Å²) < 4.78 is 12.3. The van der Waals surface area contributed by atoms with Gasteiger partial charge in [-0.15, -0.1) is 0 Å². The lowest BCUT2D eigenvalue weighted by Crippen LogP contribution is -2.04. The van der Waals surface area contributed by atoms with Crippen molar-refractivity contribution in [2.24, 2.45) is 0 Å². The smallest absolute Gasteiger partial charge is 0.125 e.